The molecule has 16 heteroatoms. The van der Waals surface area contributed by atoms with Crippen LogP contribution in [0.25, 0.3) is 11.8 Å². The fraction of sp³-hybridized carbons (Fsp3) is 0.548. The molecule has 1 aromatic heterocycles. The third-order valence-corrected chi connectivity index (χ3v) is 10.7. The molecule has 0 amide bonds. The summed E-state index contributed by atoms with van der Waals surface area (Å²) in [5.41, 5.74) is -0.813. The van der Waals surface area contributed by atoms with Crippen molar-refractivity contribution in [2.45, 2.75) is 67.7 Å². The second-order valence-corrected chi connectivity index (χ2v) is 15.3. The molecule has 1 atom stereocenters. The number of hydrogen-bond donors (Lipinski definition) is 2. The topological polar surface area (TPSA) is 111 Å². The predicted molar refractivity (Wildman–Crippen MR) is 201 cm³/mol. The molecule has 0 aliphatic heterocycles. The molecule has 10 nitrogen and oxygen atoms in total. The van der Waals surface area contributed by atoms with Crippen molar-refractivity contribution in [2.24, 2.45) is 5.14 Å². The van der Waals surface area contributed by atoms with Gasteiger partial charge in [0.15, 0.2) is 0 Å². The number of primary sulfonamides is 1. The minimum Gasteiger partial charge on any atom is -0.495 e. The number of alkyl halides is 2. The van der Waals surface area contributed by atoms with Crippen LogP contribution in [0.5, 0.6) is 5.75 Å². The molecule has 0 radical (unpaired) electrons. The standard InChI is InChI=1S/C31H42F2I2N5O5PS/c1-38(22-8-10-23(11-9-22)39(15-17-44-34)16-18-45-35)28-6-3-7-29-26(28)19-24(40(29)21-31(32,33)46)5-4-14-37-27-13-12-25(47(36,41)42)20-30(27)43-2/h7,12-13,19-20,22-23,37H,3,6,8-11,14-18,21,46H2,1-2H3,(H2,36,41,42). The first-order valence-corrected chi connectivity index (χ1v) is 19.2. The highest BCUT2D eigenvalue weighted by molar-refractivity contribution is 14.1. The van der Waals surface area contributed by atoms with Crippen LogP contribution in [0.1, 0.15) is 44.2 Å². The van der Waals surface area contributed by atoms with Crippen molar-refractivity contribution >= 4 is 82.7 Å². The van der Waals surface area contributed by atoms with E-state index in [1.54, 1.807) is 19.9 Å². The lowest BCUT2D eigenvalue weighted by Gasteiger charge is -2.41. The number of hydrogen-bond acceptors (Lipinski definition) is 8. The van der Waals surface area contributed by atoms with E-state index in [-0.39, 0.29) is 11.4 Å². The Morgan fingerprint density at radius 3 is 2.38 bits per heavy atom. The maximum atomic E-state index is 14.4. The molecule has 4 rings (SSSR count). The van der Waals surface area contributed by atoms with E-state index in [4.69, 9.17) is 16.0 Å². The van der Waals surface area contributed by atoms with E-state index in [1.165, 1.54) is 19.2 Å². The Hall–Kier alpha value is -1.26. The van der Waals surface area contributed by atoms with E-state index in [2.05, 4.69) is 34.0 Å². The maximum absolute atomic E-state index is 14.4. The summed E-state index contributed by atoms with van der Waals surface area (Å²) in [4.78, 5) is 4.76. The maximum Gasteiger partial charge on any atom is 0.276 e. The number of aromatic nitrogens is 1. The largest absolute Gasteiger partial charge is 0.495 e. The molecule has 2 aliphatic rings. The monoisotopic (exact) mass is 919 g/mol. The second-order valence-electron chi connectivity index (χ2n) is 11.7. The van der Waals surface area contributed by atoms with Crippen molar-refractivity contribution in [3.05, 3.63) is 40.5 Å². The summed E-state index contributed by atoms with van der Waals surface area (Å²) in [5.74, 6) is 6.43. The van der Waals surface area contributed by atoms with Crippen molar-refractivity contribution in [3.8, 4) is 17.6 Å². The van der Waals surface area contributed by atoms with Gasteiger partial charge in [0.05, 0.1) is 49.7 Å². The Morgan fingerprint density at radius 1 is 1.13 bits per heavy atom. The molecule has 1 unspecified atom stereocenters. The van der Waals surface area contributed by atoms with Gasteiger partial charge in [-0.25, -0.2) is 22.3 Å². The molecule has 1 aromatic carbocycles. The van der Waals surface area contributed by atoms with E-state index in [9.17, 15) is 17.2 Å². The molecular weight excluding hydrogens is 877 g/mol. The van der Waals surface area contributed by atoms with Crippen molar-refractivity contribution in [1.82, 2.24) is 14.4 Å². The number of anilines is 1. The molecule has 1 heterocycles. The highest BCUT2D eigenvalue weighted by atomic mass is 127. The lowest BCUT2D eigenvalue weighted by molar-refractivity contribution is 0.0828. The Labute approximate surface area is 306 Å². The average molecular weight is 920 g/mol. The number of nitrogens with two attached hydrogens (primary N) is 1. The minimum absolute atomic E-state index is 0.0698. The van der Waals surface area contributed by atoms with Gasteiger partial charge in [0.1, 0.15) is 51.8 Å². The Balaban J connectivity index is 1.56. The van der Waals surface area contributed by atoms with E-state index in [1.807, 2.05) is 58.2 Å². The predicted octanol–water partition coefficient (Wildman–Crippen LogP) is 4.04. The van der Waals surface area contributed by atoms with Crippen LogP contribution in [-0.2, 0) is 22.7 Å². The van der Waals surface area contributed by atoms with E-state index < -0.39 is 22.2 Å². The number of nitrogens with zero attached hydrogens (tertiary/aromatic N) is 3. The number of ether oxygens (including phenoxy) is 1. The van der Waals surface area contributed by atoms with Gasteiger partial charge in [-0.15, -0.1) is 0 Å². The number of rotatable bonds is 15. The highest BCUT2D eigenvalue weighted by Crippen LogP contribution is 2.30. The molecule has 3 N–H and O–H groups in total. The van der Waals surface area contributed by atoms with Crippen LogP contribution in [0.15, 0.2) is 29.2 Å². The van der Waals surface area contributed by atoms with E-state index >= 15 is 0 Å². The lowest BCUT2D eigenvalue weighted by Crippen LogP contribution is -2.46. The summed E-state index contributed by atoms with van der Waals surface area (Å²) in [6.45, 7) is 2.76. The second kappa shape index (κ2) is 17.6. The molecule has 47 heavy (non-hydrogen) atoms. The summed E-state index contributed by atoms with van der Waals surface area (Å²) in [6.07, 6.45) is 7.86. The summed E-state index contributed by atoms with van der Waals surface area (Å²) in [7, 11) is 1.31. The molecule has 1 saturated carbocycles. The quantitative estimate of drug-likeness (QED) is 0.157. The van der Waals surface area contributed by atoms with Gasteiger partial charge in [0, 0.05) is 54.6 Å². The minimum atomic E-state index is -3.89. The Kier molecular flexibility index (Phi) is 14.4. The first-order chi connectivity index (χ1) is 22.4. The highest BCUT2D eigenvalue weighted by Gasteiger charge is 2.30. The van der Waals surface area contributed by atoms with Gasteiger partial charge in [0.2, 0.25) is 10.0 Å². The van der Waals surface area contributed by atoms with Gasteiger partial charge < -0.3 is 25.7 Å². The van der Waals surface area contributed by atoms with Gasteiger partial charge in [-0.1, -0.05) is 21.2 Å². The zero-order valence-corrected chi connectivity index (χ0v) is 32.8. The van der Waals surface area contributed by atoms with Gasteiger partial charge in [0.25, 0.3) is 5.66 Å². The third-order valence-electron chi connectivity index (χ3n) is 8.69. The normalized spacial score (nSPS) is 18.3. The molecule has 1 fully saturated rings. The number of nitrogens with one attached hydrogen (secondary N) is 1. The fourth-order valence-electron chi connectivity index (χ4n) is 6.43. The van der Waals surface area contributed by atoms with Crippen LogP contribution in [0.4, 0.5) is 14.5 Å². The van der Waals surface area contributed by atoms with Crippen molar-refractivity contribution in [3.63, 3.8) is 0 Å². The fourth-order valence-corrected chi connectivity index (χ4v) is 7.53. The molecule has 2 aliphatic carbocycles. The van der Waals surface area contributed by atoms with Gasteiger partial charge in [-0.3, -0.25) is 4.90 Å². The number of halogens is 4. The zero-order valence-electron chi connectivity index (χ0n) is 26.5. The van der Waals surface area contributed by atoms with Crippen LogP contribution >= 0.6 is 55.3 Å². The van der Waals surface area contributed by atoms with Crippen LogP contribution in [0, 0.1) is 11.8 Å². The van der Waals surface area contributed by atoms with E-state index in [0.29, 0.717) is 42.4 Å². The van der Waals surface area contributed by atoms with Crippen LogP contribution in [-0.4, -0.2) is 87.5 Å². The molecule has 0 saturated heterocycles. The molecule has 260 valence electrons. The van der Waals surface area contributed by atoms with Gasteiger partial charge in [-0.2, -0.15) is 0 Å². The first kappa shape index (κ1) is 38.5. The molecule has 0 bridgehead atoms. The van der Waals surface area contributed by atoms with Gasteiger partial charge in [-0.05, 0) is 62.6 Å². The van der Waals surface area contributed by atoms with Crippen LogP contribution < -0.4 is 25.8 Å². The van der Waals surface area contributed by atoms with Crippen LogP contribution in [0.3, 0.4) is 0 Å². The Morgan fingerprint density at radius 2 is 1.79 bits per heavy atom. The summed E-state index contributed by atoms with van der Waals surface area (Å²) in [6, 6.07) is 7.03. The summed E-state index contributed by atoms with van der Waals surface area (Å²) >= 11 is 3.88. The smallest absolute Gasteiger partial charge is 0.276 e. The SMILES string of the molecule is COc1cc(S(N)(=O)=O)ccc1NCC#Cc1cc2c(n1CC(F)(F)P)=CCCC=2N(C)C1CCC(N(CCOI)CCOI)CC1. The third kappa shape index (κ3) is 10.6. The van der Waals surface area contributed by atoms with E-state index in [0.717, 1.165) is 67.9 Å². The number of sulfonamides is 1. The first-order valence-electron chi connectivity index (χ1n) is 15.3. The summed E-state index contributed by atoms with van der Waals surface area (Å²) < 4.78 is 69.8. The lowest BCUT2D eigenvalue weighted by atomic mass is 9.88. The number of benzene rings is 1. The molecular formula is C31H42F2I2N5O5PS. The number of methoxy groups -OCH3 is 1. The van der Waals surface area contributed by atoms with Crippen molar-refractivity contribution < 1.29 is 28.1 Å². The van der Waals surface area contributed by atoms with Crippen molar-refractivity contribution in [2.75, 3.05) is 52.3 Å². The molecule has 2 aromatic rings. The zero-order chi connectivity index (χ0) is 34.2. The van der Waals surface area contributed by atoms with Crippen molar-refractivity contribution in [1.29, 1.82) is 0 Å². The molecule has 0 spiro atoms. The summed E-state index contributed by atoms with van der Waals surface area (Å²) in [5, 5.41) is 10.1. The number of fused-ring (bicyclic) bond motifs is 1. The van der Waals surface area contributed by atoms with Crippen LogP contribution in [0.2, 0.25) is 0 Å². The average Bonchev–Trinajstić information content (AvgIpc) is 3.38. The Bertz CT molecular complexity index is 1660. The van der Waals surface area contributed by atoms with Gasteiger partial charge >= 0.3 is 0 Å².